The highest BCUT2D eigenvalue weighted by Crippen LogP contribution is 2.28. The third-order valence-corrected chi connectivity index (χ3v) is 3.77. The summed E-state index contributed by atoms with van der Waals surface area (Å²) in [4.78, 5) is 13.2. The molecule has 0 saturated heterocycles. The Bertz CT molecular complexity index is 441. The Morgan fingerprint density at radius 3 is 2.13 bits per heavy atom. The lowest BCUT2D eigenvalue weighted by Gasteiger charge is -2.20. The number of hydrogen-bond acceptors (Lipinski definition) is 5. The highest BCUT2D eigenvalue weighted by atomic mass is 16.1. The van der Waals surface area contributed by atoms with Crippen LogP contribution in [0.1, 0.15) is 57.8 Å². The van der Waals surface area contributed by atoms with Gasteiger partial charge in [0.1, 0.15) is 11.3 Å². The van der Waals surface area contributed by atoms with Crippen LogP contribution < -0.4 is 11.1 Å². The largest absolute Gasteiger partial charge is 0.324 e. The maximum Gasteiger partial charge on any atom is 0.226 e. The summed E-state index contributed by atoms with van der Waals surface area (Å²) in [5.74, 6) is 0.454. The van der Waals surface area contributed by atoms with Crippen LogP contribution in [0.2, 0.25) is 0 Å². The van der Waals surface area contributed by atoms with Crippen molar-refractivity contribution in [2.24, 2.45) is 5.73 Å². The van der Waals surface area contributed by atoms with E-state index in [0.29, 0.717) is 31.8 Å². The summed E-state index contributed by atoms with van der Waals surface area (Å²) in [5, 5.41) is 20.4. The number of carbonyl (C=O) groups excluding carboxylic acids is 1. The number of nitrogens with one attached hydrogen (secondary N) is 1. The molecule has 23 heavy (non-hydrogen) atoms. The molecule has 2 aliphatic carbocycles. The van der Waals surface area contributed by atoms with Crippen molar-refractivity contribution in [1.29, 1.82) is 10.5 Å². The first-order valence-corrected chi connectivity index (χ1v) is 8.22. The predicted molar refractivity (Wildman–Crippen MR) is 89.0 cm³/mol. The molecular formula is C17H27N5O. The van der Waals surface area contributed by atoms with Crippen molar-refractivity contribution in [3.05, 3.63) is 11.4 Å². The van der Waals surface area contributed by atoms with E-state index in [9.17, 15) is 4.79 Å². The minimum atomic E-state index is -0.309. The maximum atomic E-state index is 10.2. The molecule has 2 rings (SSSR count). The summed E-state index contributed by atoms with van der Waals surface area (Å²) in [6.07, 6.45) is 8.60. The van der Waals surface area contributed by atoms with Gasteiger partial charge in [-0.2, -0.15) is 10.5 Å². The normalized spacial score (nSPS) is 17.6. The molecule has 2 fully saturated rings. The standard InChI is InChI=1S/C9H13N3.C5H8O.C3H6N2/c10-6-3-7-12-9(8-11)4-1-2-5-9;6-5-3-1-2-4-5;1-5-3-2-4/h12H,1-5,7H2;1-4H2;2-4H2. The van der Waals surface area contributed by atoms with Gasteiger partial charge in [-0.15, -0.1) is 0 Å². The quantitative estimate of drug-likeness (QED) is 0.611. The van der Waals surface area contributed by atoms with E-state index in [2.05, 4.69) is 22.3 Å². The van der Waals surface area contributed by atoms with Crippen LogP contribution in [0.4, 0.5) is 0 Å². The van der Waals surface area contributed by atoms with Gasteiger partial charge in [0.2, 0.25) is 6.54 Å². The van der Waals surface area contributed by atoms with Gasteiger partial charge < -0.3 is 10.6 Å². The smallest absolute Gasteiger partial charge is 0.226 e. The SMILES string of the molecule is N#CCCNC1(C#N)CCCC1.O=C1CCCC1.[C-]#[N+]CCN. The highest BCUT2D eigenvalue weighted by molar-refractivity contribution is 5.80. The molecule has 3 N–H and O–H groups in total. The van der Waals surface area contributed by atoms with Crippen molar-refractivity contribution in [3.63, 3.8) is 0 Å². The molecule has 0 radical (unpaired) electrons. The van der Waals surface area contributed by atoms with E-state index in [1.54, 1.807) is 0 Å². The van der Waals surface area contributed by atoms with Crippen LogP contribution in [0.25, 0.3) is 4.85 Å². The van der Waals surface area contributed by atoms with Gasteiger partial charge in [-0.05, 0) is 25.7 Å². The Balaban J connectivity index is 0.000000367. The van der Waals surface area contributed by atoms with Crippen molar-refractivity contribution in [2.75, 3.05) is 19.6 Å². The molecule has 6 heteroatoms. The predicted octanol–water partition coefficient (Wildman–Crippen LogP) is 2.32. The highest BCUT2D eigenvalue weighted by Gasteiger charge is 2.32. The molecule has 0 bridgehead atoms. The number of carbonyl (C=O) groups is 1. The molecule has 0 aromatic rings. The first-order chi connectivity index (χ1) is 11.1. The summed E-state index contributed by atoms with van der Waals surface area (Å²) in [7, 11) is 0. The van der Waals surface area contributed by atoms with Crippen LogP contribution in [0.15, 0.2) is 0 Å². The number of rotatable bonds is 4. The summed E-state index contributed by atoms with van der Waals surface area (Å²) < 4.78 is 0. The second kappa shape index (κ2) is 13.7. The van der Waals surface area contributed by atoms with E-state index in [1.165, 1.54) is 0 Å². The lowest BCUT2D eigenvalue weighted by molar-refractivity contribution is -0.117. The molecule has 0 heterocycles. The van der Waals surface area contributed by atoms with Crippen molar-refractivity contribution >= 4 is 5.78 Å². The Morgan fingerprint density at radius 2 is 1.83 bits per heavy atom. The van der Waals surface area contributed by atoms with E-state index in [4.69, 9.17) is 22.8 Å². The van der Waals surface area contributed by atoms with Gasteiger partial charge in [-0.1, -0.05) is 12.8 Å². The van der Waals surface area contributed by atoms with Crippen LogP contribution >= 0.6 is 0 Å². The van der Waals surface area contributed by atoms with E-state index in [0.717, 1.165) is 51.4 Å². The fourth-order valence-electron chi connectivity index (χ4n) is 2.50. The van der Waals surface area contributed by atoms with Gasteiger partial charge in [-0.3, -0.25) is 10.1 Å². The molecular weight excluding hydrogens is 290 g/mol. The lowest BCUT2D eigenvalue weighted by atomic mass is 10.00. The molecule has 2 aliphatic rings. The zero-order valence-corrected chi connectivity index (χ0v) is 13.8. The second-order valence-electron chi connectivity index (χ2n) is 5.65. The van der Waals surface area contributed by atoms with Crippen LogP contribution in [-0.2, 0) is 4.79 Å². The van der Waals surface area contributed by atoms with Crippen LogP contribution in [0, 0.1) is 29.2 Å². The average Bonchev–Trinajstić information content (AvgIpc) is 3.22. The fraction of sp³-hybridized carbons (Fsp3) is 0.765. The van der Waals surface area contributed by atoms with Gasteiger partial charge in [-0.25, -0.2) is 6.57 Å². The number of nitrogens with zero attached hydrogens (tertiary/aromatic N) is 3. The fourth-order valence-corrected chi connectivity index (χ4v) is 2.50. The topological polar surface area (TPSA) is 107 Å². The Hall–Kier alpha value is -1.94. The summed E-state index contributed by atoms with van der Waals surface area (Å²) in [5.41, 5.74) is 4.62. The second-order valence-corrected chi connectivity index (χ2v) is 5.65. The Morgan fingerprint density at radius 1 is 1.22 bits per heavy atom. The van der Waals surface area contributed by atoms with Crippen LogP contribution in [0.5, 0.6) is 0 Å². The van der Waals surface area contributed by atoms with Crippen LogP contribution in [-0.4, -0.2) is 31.0 Å². The zero-order chi connectivity index (χ0) is 17.4. The van der Waals surface area contributed by atoms with E-state index >= 15 is 0 Å². The van der Waals surface area contributed by atoms with Gasteiger partial charge in [0, 0.05) is 25.8 Å². The Labute approximate surface area is 139 Å². The Kier molecular flexibility index (Phi) is 12.5. The monoisotopic (exact) mass is 317 g/mol. The van der Waals surface area contributed by atoms with E-state index < -0.39 is 0 Å². The molecule has 2 saturated carbocycles. The molecule has 0 aliphatic heterocycles. The molecule has 126 valence electrons. The number of ketones is 1. The maximum absolute atomic E-state index is 10.2. The summed E-state index contributed by atoms with van der Waals surface area (Å²) in [6.45, 7) is 7.74. The molecule has 0 unspecified atom stereocenters. The number of nitriles is 2. The average molecular weight is 317 g/mol. The molecule has 0 atom stereocenters. The molecule has 0 amide bonds. The van der Waals surface area contributed by atoms with Crippen molar-refractivity contribution in [3.8, 4) is 12.1 Å². The van der Waals surface area contributed by atoms with E-state index in [1.807, 2.05) is 0 Å². The first-order valence-electron chi connectivity index (χ1n) is 8.22. The third kappa shape index (κ3) is 10.4. The van der Waals surface area contributed by atoms with Crippen molar-refractivity contribution in [1.82, 2.24) is 5.32 Å². The first kappa shape index (κ1) is 21.1. The molecule has 0 aromatic carbocycles. The molecule has 0 aromatic heterocycles. The lowest BCUT2D eigenvalue weighted by Crippen LogP contribution is -2.41. The molecule has 6 nitrogen and oxygen atoms in total. The van der Waals surface area contributed by atoms with Crippen molar-refractivity contribution in [2.45, 2.75) is 63.3 Å². The summed E-state index contributed by atoms with van der Waals surface area (Å²) >= 11 is 0. The van der Waals surface area contributed by atoms with Crippen LogP contribution in [0.3, 0.4) is 0 Å². The van der Waals surface area contributed by atoms with E-state index in [-0.39, 0.29) is 5.54 Å². The minimum absolute atomic E-state index is 0.309. The van der Waals surface area contributed by atoms with Gasteiger partial charge in [0.25, 0.3) is 0 Å². The number of hydrogen-bond donors (Lipinski definition) is 2. The van der Waals surface area contributed by atoms with Gasteiger partial charge in [0.05, 0.1) is 18.7 Å². The molecule has 0 spiro atoms. The minimum Gasteiger partial charge on any atom is -0.324 e. The van der Waals surface area contributed by atoms with Crippen molar-refractivity contribution < 1.29 is 4.79 Å². The third-order valence-electron chi connectivity index (χ3n) is 3.77. The van der Waals surface area contributed by atoms with Gasteiger partial charge >= 0.3 is 0 Å². The van der Waals surface area contributed by atoms with Gasteiger partial charge in [0.15, 0.2) is 0 Å². The zero-order valence-electron chi connectivity index (χ0n) is 13.8. The summed E-state index contributed by atoms with van der Waals surface area (Å²) in [6, 6.07) is 4.38. The number of Topliss-reactive ketones (excluding diaryl/α,β-unsaturated/α-hetero) is 1. The number of nitrogens with two attached hydrogens (primary N) is 1.